The molecule has 1 N–H and O–H groups in total. The molecule has 0 radical (unpaired) electrons. The van der Waals surface area contributed by atoms with Crippen molar-refractivity contribution in [1.82, 2.24) is 0 Å². The smallest absolute Gasteiger partial charge is 0.336 e. The molecule has 1 fully saturated rings. The predicted molar refractivity (Wildman–Crippen MR) is 77.9 cm³/mol. The first-order valence-corrected chi connectivity index (χ1v) is 7.55. The van der Waals surface area contributed by atoms with Gasteiger partial charge in [0.15, 0.2) is 0 Å². The Kier molecular flexibility index (Phi) is 3.36. The highest BCUT2D eigenvalue weighted by molar-refractivity contribution is 7.99. The van der Waals surface area contributed by atoms with Gasteiger partial charge in [-0.05, 0) is 12.1 Å². The Bertz CT molecular complexity index is 644. The topological polar surface area (TPSA) is 89.7 Å². The standard InChI is InChI=1S/C14H13NO5S/c16-13(17)10-7-14(5-6-21-12(8-14)15(18)19)20-11-4-2-1-3-9(10)11/h1-4,7,12H,5-6,8H2,(H,16,17). The van der Waals surface area contributed by atoms with Crippen molar-refractivity contribution in [1.29, 1.82) is 0 Å². The Morgan fingerprint density at radius 1 is 1.48 bits per heavy atom. The summed E-state index contributed by atoms with van der Waals surface area (Å²) in [5, 5.41) is 19.7. The molecule has 1 saturated heterocycles. The third-order valence-corrected chi connectivity index (χ3v) is 4.88. The van der Waals surface area contributed by atoms with Crippen molar-refractivity contribution >= 4 is 23.3 Å². The van der Waals surface area contributed by atoms with E-state index in [9.17, 15) is 20.0 Å². The van der Waals surface area contributed by atoms with Crippen molar-refractivity contribution in [2.75, 3.05) is 5.75 Å². The Balaban J connectivity index is 2.03. The van der Waals surface area contributed by atoms with Gasteiger partial charge in [0, 0.05) is 22.7 Å². The molecule has 110 valence electrons. The van der Waals surface area contributed by atoms with E-state index in [2.05, 4.69) is 0 Å². The molecule has 0 saturated carbocycles. The van der Waals surface area contributed by atoms with Crippen molar-refractivity contribution < 1.29 is 19.6 Å². The summed E-state index contributed by atoms with van der Waals surface area (Å²) in [7, 11) is 0. The van der Waals surface area contributed by atoms with Gasteiger partial charge in [-0.25, -0.2) is 4.79 Å². The molecule has 3 rings (SSSR count). The van der Waals surface area contributed by atoms with Crippen LogP contribution in [0, 0.1) is 10.1 Å². The maximum absolute atomic E-state index is 11.5. The summed E-state index contributed by atoms with van der Waals surface area (Å²) in [5.41, 5.74) is -0.220. The van der Waals surface area contributed by atoms with Gasteiger partial charge >= 0.3 is 5.97 Å². The average Bonchev–Trinajstić information content (AvgIpc) is 2.46. The lowest BCUT2D eigenvalue weighted by Crippen LogP contribution is -2.45. The first-order valence-electron chi connectivity index (χ1n) is 6.50. The van der Waals surface area contributed by atoms with Crippen molar-refractivity contribution in [3.05, 3.63) is 46.0 Å². The Morgan fingerprint density at radius 2 is 2.24 bits per heavy atom. The molecule has 6 nitrogen and oxygen atoms in total. The molecule has 1 aromatic rings. The largest absolute Gasteiger partial charge is 0.482 e. The van der Waals surface area contributed by atoms with Crippen molar-refractivity contribution in [3.63, 3.8) is 0 Å². The summed E-state index contributed by atoms with van der Waals surface area (Å²) in [6.07, 6.45) is 2.29. The van der Waals surface area contributed by atoms with E-state index in [0.29, 0.717) is 23.5 Å². The number of fused-ring (bicyclic) bond motifs is 1. The Hall–Kier alpha value is -2.02. The highest BCUT2D eigenvalue weighted by Crippen LogP contribution is 2.44. The van der Waals surface area contributed by atoms with Crippen LogP contribution >= 0.6 is 11.8 Å². The number of rotatable bonds is 2. The quantitative estimate of drug-likeness (QED) is 0.666. The summed E-state index contributed by atoms with van der Waals surface area (Å²) < 4.78 is 5.96. The predicted octanol–water partition coefficient (Wildman–Crippen LogP) is 2.42. The molecule has 1 aromatic carbocycles. The lowest BCUT2D eigenvalue weighted by atomic mass is 9.87. The van der Waals surface area contributed by atoms with E-state index in [4.69, 9.17) is 4.74 Å². The van der Waals surface area contributed by atoms with Crippen molar-refractivity contribution in [2.24, 2.45) is 0 Å². The number of thioether (sulfide) groups is 1. The minimum atomic E-state index is -1.04. The highest BCUT2D eigenvalue weighted by Gasteiger charge is 2.45. The molecule has 2 unspecified atom stereocenters. The molecule has 7 heteroatoms. The molecular weight excluding hydrogens is 294 g/mol. The molecular formula is C14H13NO5S. The van der Waals surface area contributed by atoms with Crippen LogP contribution in [-0.4, -0.2) is 32.7 Å². The highest BCUT2D eigenvalue weighted by atomic mass is 32.2. The maximum atomic E-state index is 11.5. The summed E-state index contributed by atoms with van der Waals surface area (Å²) in [6, 6.07) is 6.90. The molecule has 0 aromatic heterocycles. The number of para-hydroxylation sites is 1. The number of hydrogen-bond acceptors (Lipinski definition) is 5. The second-order valence-electron chi connectivity index (χ2n) is 5.09. The zero-order valence-electron chi connectivity index (χ0n) is 11.0. The van der Waals surface area contributed by atoms with Crippen LogP contribution in [0.2, 0.25) is 0 Å². The van der Waals surface area contributed by atoms with Crippen LogP contribution in [0.15, 0.2) is 30.3 Å². The van der Waals surface area contributed by atoms with Crippen molar-refractivity contribution in [2.45, 2.75) is 23.8 Å². The SMILES string of the molecule is O=C(O)C1=CC2(CCSC([N+](=O)[O-])C2)Oc2ccccc21. The van der Waals surface area contributed by atoms with Gasteiger partial charge in [0.25, 0.3) is 5.37 Å². The van der Waals surface area contributed by atoms with E-state index in [0.717, 1.165) is 0 Å². The zero-order chi connectivity index (χ0) is 15.0. The van der Waals surface area contributed by atoms with Crippen LogP contribution in [-0.2, 0) is 4.79 Å². The van der Waals surface area contributed by atoms with Crippen LogP contribution in [0.3, 0.4) is 0 Å². The van der Waals surface area contributed by atoms with Crippen LogP contribution in [0.1, 0.15) is 18.4 Å². The number of nitrogens with zero attached hydrogens (tertiary/aromatic N) is 1. The lowest BCUT2D eigenvalue weighted by Gasteiger charge is -2.39. The molecule has 21 heavy (non-hydrogen) atoms. The second-order valence-corrected chi connectivity index (χ2v) is 6.38. The van der Waals surface area contributed by atoms with E-state index in [-0.39, 0.29) is 16.9 Å². The number of hydrogen-bond donors (Lipinski definition) is 1. The van der Waals surface area contributed by atoms with Gasteiger partial charge in [0.1, 0.15) is 11.4 Å². The van der Waals surface area contributed by atoms with Crippen LogP contribution < -0.4 is 4.74 Å². The third kappa shape index (κ3) is 2.49. The van der Waals surface area contributed by atoms with Crippen LogP contribution in [0.25, 0.3) is 5.57 Å². The molecule has 0 bridgehead atoms. The van der Waals surface area contributed by atoms with E-state index in [1.165, 1.54) is 11.8 Å². The Morgan fingerprint density at radius 3 is 2.95 bits per heavy atom. The molecule has 2 aliphatic rings. The first-order chi connectivity index (χ1) is 10.0. The number of carbonyl (C=O) groups is 1. The molecule has 2 heterocycles. The zero-order valence-corrected chi connectivity index (χ0v) is 11.8. The average molecular weight is 307 g/mol. The van der Waals surface area contributed by atoms with E-state index in [1.807, 2.05) is 0 Å². The first kappa shape index (κ1) is 13.9. The lowest BCUT2D eigenvalue weighted by molar-refractivity contribution is -0.499. The van der Waals surface area contributed by atoms with Crippen molar-refractivity contribution in [3.8, 4) is 5.75 Å². The number of carboxylic acid groups (broad SMARTS) is 1. The molecule has 2 atom stereocenters. The van der Waals surface area contributed by atoms with Crippen LogP contribution in [0.4, 0.5) is 0 Å². The number of nitro groups is 1. The number of ether oxygens (including phenoxy) is 1. The third-order valence-electron chi connectivity index (χ3n) is 3.72. The maximum Gasteiger partial charge on any atom is 0.336 e. The Labute approximate surface area is 124 Å². The molecule has 2 aliphatic heterocycles. The van der Waals surface area contributed by atoms with Gasteiger partial charge in [-0.3, -0.25) is 10.1 Å². The van der Waals surface area contributed by atoms with Gasteiger partial charge in [-0.2, -0.15) is 0 Å². The minimum Gasteiger partial charge on any atom is -0.482 e. The summed E-state index contributed by atoms with van der Waals surface area (Å²) in [6.45, 7) is 0. The minimum absolute atomic E-state index is 0.158. The van der Waals surface area contributed by atoms with Gasteiger partial charge in [0.2, 0.25) is 0 Å². The van der Waals surface area contributed by atoms with Crippen LogP contribution in [0.5, 0.6) is 5.75 Å². The fourth-order valence-electron chi connectivity index (χ4n) is 2.73. The van der Waals surface area contributed by atoms with Gasteiger partial charge < -0.3 is 9.84 Å². The van der Waals surface area contributed by atoms with E-state index in [1.54, 1.807) is 30.3 Å². The molecule has 0 amide bonds. The summed E-state index contributed by atoms with van der Waals surface area (Å²) in [4.78, 5) is 22.2. The monoisotopic (exact) mass is 307 g/mol. The molecule has 1 spiro atoms. The normalized spacial score (nSPS) is 27.4. The summed E-state index contributed by atoms with van der Waals surface area (Å²) in [5.74, 6) is 0.00409. The number of benzene rings is 1. The van der Waals surface area contributed by atoms with Gasteiger partial charge in [0.05, 0.1) is 12.0 Å². The van der Waals surface area contributed by atoms with E-state index < -0.39 is 16.9 Å². The number of carboxylic acids is 1. The fourth-order valence-corrected chi connectivity index (χ4v) is 3.98. The number of aliphatic carboxylic acids is 1. The van der Waals surface area contributed by atoms with E-state index >= 15 is 0 Å². The van der Waals surface area contributed by atoms with Gasteiger partial charge in [-0.1, -0.05) is 30.0 Å². The van der Waals surface area contributed by atoms with Gasteiger partial charge in [-0.15, -0.1) is 0 Å². The second kappa shape index (κ2) is 5.07. The summed E-state index contributed by atoms with van der Waals surface area (Å²) >= 11 is 1.27. The molecule has 0 aliphatic carbocycles. The fraction of sp³-hybridized carbons (Fsp3) is 0.357.